The molecule has 0 bridgehead atoms. The Morgan fingerprint density at radius 1 is 1.50 bits per heavy atom. The van der Waals surface area contributed by atoms with Gasteiger partial charge < -0.3 is 10.6 Å². The van der Waals surface area contributed by atoms with Crippen LogP contribution in [0, 0.1) is 0 Å². The molecule has 0 aliphatic rings. The van der Waals surface area contributed by atoms with Gasteiger partial charge in [-0.2, -0.15) is 13.2 Å². The molecule has 1 heterocycles. The van der Waals surface area contributed by atoms with E-state index in [1.54, 1.807) is 18.9 Å². The van der Waals surface area contributed by atoms with E-state index in [-0.39, 0.29) is 6.04 Å². The average Bonchev–Trinajstić information content (AvgIpc) is 2.15. The molecule has 1 rings (SSSR count). The molecule has 0 aromatic carbocycles. The summed E-state index contributed by atoms with van der Waals surface area (Å²) in [5.74, 6) is 0. The third-order valence-electron chi connectivity index (χ3n) is 2.04. The molecule has 6 heteroatoms. The van der Waals surface area contributed by atoms with E-state index in [1.165, 1.54) is 6.07 Å². The van der Waals surface area contributed by atoms with E-state index in [0.29, 0.717) is 12.2 Å². The molecule has 3 nitrogen and oxygen atoms in total. The van der Waals surface area contributed by atoms with Gasteiger partial charge in [-0.3, -0.25) is 4.98 Å². The first-order valence-corrected chi connectivity index (χ1v) is 4.80. The second kappa shape index (κ2) is 4.69. The maximum Gasteiger partial charge on any atom is 0.433 e. The highest BCUT2D eigenvalue weighted by Gasteiger charge is 2.32. The molecule has 90 valence electrons. The monoisotopic (exact) mass is 233 g/mol. The number of hydrogen-bond donors (Lipinski definition) is 1. The molecule has 0 saturated carbocycles. The number of likely N-dealkylation sites (N-methyl/N-ethyl adjacent to an activating group) is 1. The summed E-state index contributed by atoms with van der Waals surface area (Å²) in [5, 5.41) is 0. The minimum Gasteiger partial charge on any atom is -0.373 e. The number of rotatable bonds is 3. The summed E-state index contributed by atoms with van der Waals surface area (Å²) in [7, 11) is 1.69. The molecule has 0 spiro atoms. The van der Waals surface area contributed by atoms with Crippen LogP contribution in [0.5, 0.6) is 0 Å². The Bertz CT molecular complexity index is 349. The highest BCUT2D eigenvalue weighted by molar-refractivity contribution is 5.46. The molecule has 0 radical (unpaired) electrons. The van der Waals surface area contributed by atoms with E-state index in [2.05, 4.69) is 4.98 Å². The normalized spacial score (nSPS) is 13.6. The Kier molecular flexibility index (Phi) is 3.74. The molecule has 1 unspecified atom stereocenters. The van der Waals surface area contributed by atoms with Crippen molar-refractivity contribution < 1.29 is 13.2 Å². The van der Waals surface area contributed by atoms with Crippen LogP contribution in [0.3, 0.4) is 0 Å². The van der Waals surface area contributed by atoms with Crippen molar-refractivity contribution in [3.05, 3.63) is 24.0 Å². The molecule has 1 atom stereocenters. The fraction of sp³-hybridized carbons (Fsp3) is 0.500. The Labute approximate surface area is 92.1 Å². The van der Waals surface area contributed by atoms with Crippen LogP contribution < -0.4 is 10.6 Å². The number of nitrogens with two attached hydrogens (primary N) is 1. The van der Waals surface area contributed by atoms with Crippen LogP contribution in [0.15, 0.2) is 18.3 Å². The van der Waals surface area contributed by atoms with Gasteiger partial charge in [0.25, 0.3) is 0 Å². The van der Waals surface area contributed by atoms with Crippen LogP contribution in [-0.2, 0) is 6.18 Å². The number of halogens is 3. The minimum atomic E-state index is -4.41. The molecule has 0 saturated heterocycles. The molecule has 16 heavy (non-hydrogen) atoms. The van der Waals surface area contributed by atoms with E-state index in [0.717, 1.165) is 12.3 Å². The van der Waals surface area contributed by atoms with Gasteiger partial charge in [0.2, 0.25) is 0 Å². The number of pyridine rings is 1. The molecular weight excluding hydrogens is 219 g/mol. The summed E-state index contributed by atoms with van der Waals surface area (Å²) in [6, 6.07) is 2.44. The molecule has 1 aromatic rings. The zero-order chi connectivity index (χ0) is 12.3. The molecule has 0 aliphatic heterocycles. The molecule has 1 aromatic heterocycles. The summed E-state index contributed by atoms with van der Waals surface area (Å²) in [4.78, 5) is 4.96. The van der Waals surface area contributed by atoms with Crippen LogP contribution in [0.1, 0.15) is 12.6 Å². The maximum atomic E-state index is 12.4. The highest BCUT2D eigenvalue weighted by Crippen LogP contribution is 2.29. The van der Waals surface area contributed by atoms with E-state index in [4.69, 9.17) is 5.73 Å². The van der Waals surface area contributed by atoms with Crippen molar-refractivity contribution >= 4 is 5.69 Å². The Morgan fingerprint density at radius 3 is 2.62 bits per heavy atom. The SMILES string of the molecule is CC(N)CN(C)c1ccnc(C(F)(F)F)c1. The lowest BCUT2D eigenvalue weighted by atomic mass is 10.2. The van der Waals surface area contributed by atoms with E-state index in [9.17, 15) is 13.2 Å². The van der Waals surface area contributed by atoms with E-state index >= 15 is 0 Å². The first-order valence-electron chi connectivity index (χ1n) is 4.80. The first-order chi connectivity index (χ1) is 7.30. The lowest BCUT2D eigenvalue weighted by molar-refractivity contribution is -0.141. The summed E-state index contributed by atoms with van der Waals surface area (Å²) in [6.07, 6.45) is -3.26. The maximum absolute atomic E-state index is 12.4. The molecule has 2 N–H and O–H groups in total. The van der Waals surface area contributed by atoms with Crippen LogP contribution in [0.25, 0.3) is 0 Å². The van der Waals surface area contributed by atoms with Gasteiger partial charge in [-0.25, -0.2) is 0 Å². The van der Waals surface area contributed by atoms with Gasteiger partial charge in [0.05, 0.1) is 0 Å². The molecule has 0 fully saturated rings. The van der Waals surface area contributed by atoms with E-state index < -0.39 is 11.9 Å². The summed E-state index contributed by atoms with van der Waals surface area (Å²) in [5.41, 5.74) is 5.15. The van der Waals surface area contributed by atoms with Crippen molar-refractivity contribution in [3.63, 3.8) is 0 Å². The van der Waals surface area contributed by atoms with Crippen LogP contribution in [0.2, 0.25) is 0 Å². The van der Waals surface area contributed by atoms with Crippen molar-refractivity contribution in [2.45, 2.75) is 19.1 Å². The zero-order valence-corrected chi connectivity index (χ0v) is 9.12. The third kappa shape index (κ3) is 3.37. The average molecular weight is 233 g/mol. The van der Waals surface area contributed by atoms with Crippen molar-refractivity contribution in [2.24, 2.45) is 5.73 Å². The molecular formula is C10H14F3N3. The lowest BCUT2D eigenvalue weighted by Gasteiger charge is -2.21. The fourth-order valence-electron chi connectivity index (χ4n) is 1.35. The van der Waals surface area contributed by atoms with Gasteiger partial charge in [0.15, 0.2) is 0 Å². The van der Waals surface area contributed by atoms with Gasteiger partial charge in [0.1, 0.15) is 5.69 Å². The number of anilines is 1. The van der Waals surface area contributed by atoms with Crippen LogP contribution >= 0.6 is 0 Å². The number of alkyl halides is 3. The Balaban J connectivity index is 2.90. The van der Waals surface area contributed by atoms with Crippen molar-refractivity contribution in [2.75, 3.05) is 18.5 Å². The number of aromatic nitrogens is 1. The van der Waals surface area contributed by atoms with Crippen molar-refractivity contribution in [3.8, 4) is 0 Å². The van der Waals surface area contributed by atoms with Crippen molar-refractivity contribution in [1.29, 1.82) is 0 Å². The lowest BCUT2D eigenvalue weighted by Crippen LogP contribution is -2.32. The number of nitrogens with zero attached hydrogens (tertiary/aromatic N) is 2. The van der Waals surface area contributed by atoms with Crippen LogP contribution in [0.4, 0.5) is 18.9 Å². The van der Waals surface area contributed by atoms with Gasteiger partial charge in [-0.05, 0) is 19.1 Å². The smallest absolute Gasteiger partial charge is 0.373 e. The summed E-state index contributed by atoms with van der Waals surface area (Å²) >= 11 is 0. The second-order valence-corrected chi connectivity index (χ2v) is 3.75. The first kappa shape index (κ1) is 12.8. The largest absolute Gasteiger partial charge is 0.433 e. The molecule has 0 aliphatic carbocycles. The predicted molar refractivity (Wildman–Crippen MR) is 56.2 cm³/mol. The zero-order valence-electron chi connectivity index (χ0n) is 9.12. The Hall–Kier alpha value is -1.30. The van der Waals surface area contributed by atoms with Crippen LogP contribution in [-0.4, -0.2) is 24.6 Å². The Morgan fingerprint density at radius 2 is 2.12 bits per heavy atom. The second-order valence-electron chi connectivity index (χ2n) is 3.75. The van der Waals surface area contributed by atoms with Crippen molar-refractivity contribution in [1.82, 2.24) is 4.98 Å². The minimum absolute atomic E-state index is 0.104. The predicted octanol–water partition coefficient (Wildman–Crippen LogP) is 1.88. The highest BCUT2D eigenvalue weighted by atomic mass is 19.4. The molecule has 0 amide bonds. The van der Waals surface area contributed by atoms with Gasteiger partial charge in [-0.15, -0.1) is 0 Å². The topological polar surface area (TPSA) is 42.1 Å². The van der Waals surface area contributed by atoms with Gasteiger partial charge >= 0.3 is 6.18 Å². The standard InChI is InChI=1S/C10H14F3N3/c1-7(14)6-16(2)8-3-4-15-9(5-8)10(11,12)13/h3-5,7H,6,14H2,1-2H3. The van der Waals surface area contributed by atoms with Gasteiger partial charge in [-0.1, -0.05) is 0 Å². The quantitative estimate of drug-likeness (QED) is 0.866. The van der Waals surface area contributed by atoms with E-state index in [1.807, 2.05) is 0 Å². The third-order valence-corrected chi connectivity index (χ3v) is 2.04. The van der Waals surface area contributed by atoms with Gasteiger partial charge in [0, 0.05) is 31.5 Å². The summed E-state index contributed by atoms with van der Waals surface area (Å²) in [6.45, 7) is 2.28. The summed E-state index contributed by atoms with van der Waals surface area (Å²) < 4.78 is 37.2. The number of hydrogen-bond acceptors (Lipinski definition) is 3. The fourth-order valence-corrected chi connectivity index (χ4v) is 1.35.